The van der Waals surface area contributed by atoms with Crippen LogP contribution in [0.3, 0.4) is 0 Å². The van der Waals surface area contributed by atoms with Crippen LogP contribution in [-0.4, -0.2) is 186 Å². The number of alkyl halides is 3. The van der Waals surface area contributed by atoms with E-state index in [9.17, 15) is 60.5 Å². The number of fused-ring (bicyclic) bond motifs is 3. The predicted molar refractivity (Wildman–Crippen MR) is 462 cm³/mol. The summed E-state index contributed by atoms with van der Waals surface area (Å²) in [7, 11) is 2.61. The SMILES string of the molecule is CCOc1cc(C(=O)N(C)Cc2cnc(C(=O)O)c3c2CN=C3)ccc1-c1cccc(F)c1.CCOc1cc(C(=O)N(C)Cc2cnc(C(C)=O)c3cnn(COCC[Si](C)(C)C)c23)ccc1-c1cccc(F)c1.CCOc1cc(C(=O)N(C)Cc2cnc(C(C)O)c3cnn(COCC[Si](C)(C)C)c23)ccc1-c1cccc(F)c1.O=CC(F)(F)F.[B].[H-].[Li+]. The number of carbonyl (C=O) groups is 6. The van der Waals surface area contributed by atoms with Gasteiger partial charge < -0.3 is 50.0 Å². The third-order valence-electron chi connectivity index (χ3n) is 19.1. The molecule has 1 atom stereocenters. The third-order valence-corrected chi connectivity index (χ3v) is 22.5. The van der Waals surface area contributed by atoms with Crippen molar-refractivity contribution in [3.63, 3.8) is 0 Å². The first-order chi connectivity index (χ1) is 57.4. The minimum Gasteiger partial charge on any atom is -1.00 e. The summed E-state index contributed by atoms with van der Waals surface area (Å²) in [4.78, 5) is 94.4. The van der Waals surface area contributed by atoms with E-state index in [4.69, 9.17) is 28.5 Å². The number of ether oxygens (including phenoxy) is 5. The summed E-state index contributed by atoms with van der Waals surface area (Å²) in [6, 6.07) is 36.3. The van der Waals surface area contributed by atoms with Crippen LogP contribution in [-0.2, 0) is 53.9 Å². The van der Waals surface area contributed by atoms with E-state index >= 15 is 0 Å². The Hall–Kier alpha value is -11.4. The average Bonchev–Trinajstić information content (AvgIpc) is 1.63. The number of amides is 3. The van der Waals surface area contributed by atoms with Crippen LogP contribution in [0.5, 0.6) is 17.2 Å². The quantitative estimate of drug-likeness (QED) is 0.0134. The standard InChI is InChI=1S/C31H39FN4O4Si.C31H37FN4O4Si.C25H22FN3O4.C2HF3O.B.Li.H/c2*1-7-40-28-16-23(11-12-26(28)22-9-8-10-25(32)15-22)31(38)35(3)19-24-17-33-29(21(2)37)27-18-34-36(30(24)27)20-39-13-14-41(4,5)6;1-3-33-22-10-16(7-8-19(22)15-5-4-6-18(26)9-15)24(30)29(2)14-17-11-28-23(25(31)32)21-13-27-12-20(17)21;3-2(4,5)1-6;;;/h8-12,15-18,21,37H,7,13-14,19-20H2,1-6H3;8-12,15-18H,7,13-14,19-20H2,1-6H3;4-11,13H,3,12,14H2,1-2H3,(H,31,32);1H;;;/q;;;;;+1;-1. The predicted octanol–water partition coefficient (Wildman–Crippen LogP) is 14.4. The summed E-state index contributed by atoms with van der Waals surface area (Å²) in [6.07, 6.45) is 3.16. The summed E-state index contributed by atoms with van der Waals surface area (Å²) in [5.74, 6) is -1.48. The Morgan fingerprint density at radius 2 is 0.919 bits per heavy atom. The molecule has 1 unspecified atom stereocenters. The van der Waals surface area contributed by atoms with Gasteiger partial charge in [-0.2, -0.15) is 23.4 Å². The molecule has 1 aliphatic rings. The summed E-state index contributed by atoms with van der Waals surface area (Å²) in [5, 5.41) is 30.0. The van der Waals surface area contributed by atoms with Gasteiger partial charge in [-0.05, 0) is 159 Å². The molecular weight excluding hydrogens is 1620 g/mol. The van der Waals surface area contributed by atoms with Crippen LogP contribution in [0, 0.1) is 17.5 Å². The molecule has 24 nitrogen and oxygen atoms in total. The van der Waals surface area contributed by atoms with Gasteiger partial charge in [0.2, 0.25) is 6.29 Å². The number of aldehydes is 1. The molecule has 0 saturated carbocycles. The number of carboxylic acid groups (broad SMARTS) is 1. The van der Waals surface area contributed by atoms with Crippen molar-refractivity contribution in [3.8, 4) is 50.6 Å². The van der Waals surface area contributed by atoms with Crippen LogP contribution in [0.15, 0.2) is 163 Å². The van der Waals surface area contributed by atoms with E-state index < -0.39 is 40.7 Å². The number of carboxylic acids is 1. The molecule has 0 saturated heterocycles. The van der Waals surface area contributed by atoms with E-state index in [1.165, 1.54) is 60.6 Å². The van der Waals surface area contributed by atoms with Gasteiger partial charge in [-0.3, -0.25) is 38.9 Å². The fraction of sp³-hybridized carbons (Fsp3) is 0.326. The number of halogens is 6. The van der Waals surface area contributed by atoms with Gasteiger partial charge in [0.25, 0.3) is 17.7 Å². The second-order valence-corrected chi connectivity index (χ2v) is 42.2. The zero-order valence-electron chi connectivity index (χ0n) is 72.6. The Kier molecular flexibility index (Phi) is 35.7. The van der Waals surface area contributed by atoms with E-state index in [0.29, 0.717) is 135 Å². The maximum Gasteiger partial charge on any atom is 1.00 e. The number of hydrogen-bond acceptors (Lipinski definition) is 18. The Morgan fingerprint density at radius 3 is 1.28 bits per heavy atom. The number of pyridine rings is 3. The number of aliphatic hydroxyl groups is 1. The number of rotatable bonds is 31. The fourth-order valence-corrected chi connectivity index (χ4v) is 14.6. The fourth-order valence-electron chi connectivity index (χ4n) is 13.0. The number of hydrogen-bond donors (Lipinski definition) is 2. The van der Waals surface area contributed by atoms with Crippen molar-refractivity contribution in [1.82, 2.24) is 49.2 Å². The molecule has 6 heterocycles. The van der Waals surface area contributed by atoms with Crippen molar-refractivity contribution in [2.45, 2.75) is 138 Å². The molecule has 3 amide bonds. The molecule has 643 valence electrons. The third kappa shape index (κ3) is 26.8. The second kappa shape index (κ2) is 44.6. The van der Waals surface area contributed by atoms with Crippen molar-refractivity contribution in [2.24, 2.45) is 4.99 Å². The number of nitrogens with zero attached hydrogens (tertiary/aromatic N) is 11. The molecule has 2 N–H and O–H groups in total. The molecule has 11 aromatic rings. The zero-order valence-corrected chi connectivity index (χ0v) is 73.6. The number of benzene rings is 6. The smallest absolute Gasteiger partial charge is 1.00 e. The minimum atomic E-state index is -4.64. The molecule has 0 spiro atoms. The summed E-state index contributed by atoms with van der Waals surface area (Å²) in [6.45, 7) is 26.6. The van der Waals surface area contributed by atoms with Crippen LogP contribution in [0.1, 0.15) is 128 Å². The van der Waals surface area contributed by atoms with Gasteiger partial charge in [-0.1, -0.05) is 75.7 Å². The number of aromatic carboxylic acids is 1. The van der Waals surface area contributed by atoms with E-state index in [0.717, 1.165) is 45.2 Å². The molecule has 34 heteroatoms. The maximum atomic E-state index is 13.9. The number of aliphatic hydroxyl groups excluding tert-OH is 1. The first-order valence-corrected chi connectivity index (χ1v) is 46.5. The Labute approximate surface area is 727 Å². The normalized spacial score (nSPS) is 11.7. The monoisotopic (exact) mass is 1720 g/mol. The Morgan fingerprint density at radius 1 is 0.553 bits per heavy atom. The maximum absolute atomic E-state index is 13.9. The molecule has 0 aliphatic carbocycles. The van der Waals surface area contributed by atoms with Crippen LogP contribution in [0.2, 0.25) is 51.4 Å². The number of aromatic nitrogens is 7. The van der Waals surface area contributed by atoms with Gasteiger partial charge in [0.15, 0.2) is 11.5 Å². The molecule has 123 heavy (non-hydrogen) atoms. The molecule has 6 aromatic carbocycles. The summed E-state index contributed by atoms with van der Waals surface area (Å²) >= 11 is 0. The van der Waals surface area contributed by atoms with Gasteiger partial charge in [0.05, 0.1) is 61.6 Å². The number of carbonyl (C=O) groups excluding carboxylic acids is 5. The molecule has 5 aromatic heterocycles. The van der Waals surface area contributed by atoms with Crippen molar-refractivity contribution in [3.05, 3.63) is 237 Å². The zero-order chi connectivity index (χ0) is 88.2. The van der Waals surface area contributed by atoms with Crippen LogP contribution in [0.25, 0.3) is 55.2 Å². The average molecular weight is 1720 g/mol. The first-order valence-electron chi connectivity index (χ1n) is 39.0. The first kappa shape index (κ1) is 98.7. The molecule has 0 fully saturated rings. The van der Waals surface area contributed by atoms with Crippen LogP contribution < -0.4 is 33.1 Å². The number of Topliss-reactive ketones (excluding diaryl/α,β-unsaturated/α-hetero) is 1. The molecule has 0 bridgehead atoms. The molecule has 12 rings (SSSR count). The topological polar surface area (TPSA) is 285 Å². The van der Waals surface area contributed by atoms with E-state index in [1.54, 1.807) is 157 Å². The Bertz CT molecular complexity index is 5600. The van der Waals surface area contributed by atoms with Crippen molar-refractivity contribution in [1.29, 1.82) is 0 Å². The summed E-state index contributed by atoms with van der Waals surface area (Å²) in [5.41, 5.74) is 11.2. The molecule has 1 aliphatic heterocycles. The van der Waals surface area contributed by atoms with Gasteiger partial charge in [0.1, 0.15) is 53.9 Å². The van der Waals surface area contributed by atoms with Gasteiger partial charge >= 0.3 is 31.0 Å². The van der Waals surface area contributed by atoms with E-state index in [1.807, 2.05) is 26.8 Å². The number of aliphatic imine (C=N–C) groups is 1. The molecular formula is C89H100BF6LiN11O13Si2. The van der Waals surface area contributed by atoms with Crippen LogP contribution >= 0.6 is 0 Å². The van der Waals surface area contributed by atoms with Crippen molar-refractivity contribution >= 4 is 88.3 Å². The summed E-state index contributed by atoms with van der Waals surface area (Å²) < 4.78 is 106. The van der Waals surface area contributed by atoms with Crippen LogP contribution in [0.4, 0.5) is 26.3 Å². The van der Waals surface area contributed by atoms with E-state index in [-0.39, 0.29) is 108 Å². The molecule has 3 radical (unpaired) electrons. The van der Waals surface area contributed by atoms with Crippen molar-refractivity contribution in [2.75, 3.05) is 54.2 Å². The Balaban J connectivity index is 0.000000276. The van der Waals surface area contributed by atoms with Crippen molar-refractivity contribution < 1.29 is 109 Å². The second-order valence-electron chi connectivity index (χ2n) is 30.9. The largest absolute Gasteiger partial charge is 1.00 e. The van der Waals surface area contributed by atoms with Gasteiger partial charge in [-0.15, -0.1) is 0 Å². The van der Waals surface area contributed by atoms with Gasteiger partial charge in [-0.25, -0.2) is 32.3 Å². The minimum absolute atomic E-state index is 0. The van der Waals surface area contributed by atoms with Gasteiger partial charge in [0, 0.05) is 171 Å². The van der Waals surface area contributed by atoms with E-state index in [2.05, 4.69) is 69.4 Å². The number of ketones is 1.